The first-order valence-electron chi connectivity index (χ1n) is 13.2. The molecule has 4 rings (SSSR count). The van der Waals surface area contributed by atoms with Gasteiger partial charge in [-0.3, -0.25) is 0 Å². The normalized spacial score (nSPS) is 26.9. The van der Waals surface area contributed by atoms with E-state index in [9.17, 15) is 27.1 Å². The Kier molecular flexibility index (Phi) is 10.5. The molecular formula is C26H37F2LiN2O5S. The van der Waals surface area contributed by atoms with Crippen LogP contribution in [-0.2, 0) is 14.8 Å². The van der Waals surface area contributed by atoms with Crippen LogP contribution in [-0.4, -0.2) is 55.9 Å². The molecule has 0 bridgehead atoms. The number of rotatable bonds is 9. The van der Waals surface area contributed by atoms with Crippen LogP contribution in [0.5, 0.6) is 5.75 Å². The number of nitrogens with one attached hydrogen (secondary N) is 1. The van der Waals surface area contributed by atoms with Crippen molar-refractivity contribution in [2.45, 2.75) is 107 Å². The molecule has 0 spiro atoms. The van der Waals surface area contributed by atoms with Gasteiger partial charge in [-0.05, 0) is 88.4 Å². The van der Waals surface area contributed by atoms with E-state index >= 15 is 0 Å². The van der Waals surface area contributed by atoms with E-state index in [-0.39, 0.29) is 67.5 Å². The maximum atomic E-state index is 13.4. The molecule has 7 nitrogen and oxygen atoms in total. The summed E-state index contributed by atoms with van der Waals surface area (Å²) in [6, 6.07) is 3.89. The van der Waals surface area contributed by atoms with E-state index in [0.29, 0.717) is 25.2 Å². The first-order chi connectivity index (χ1) is 17.0. The van der Waals surface area contributed by atoms with Gasteiger partial charge in [-0.1, -0.05) is 12.5 Å². The third-order valence-corrected chi connectivity index (χ3v) is 9.84. The minimum atomic E-state index is -4.06. The molecule has 1 heterocycles. The molecule has 1 aromatic carbocycles. The quantitative estimate of drug-likeness (QED) is 0.461. The van der Waals surface area contributed by atoms with Crippen LogP contribution in [0, 0.1) is 12.8 Å². The van der Waals surface area contributed by atoms with E-state index in [4.69, 9.17) is 4.74 Å². The zero-order valence-corrected chi connectivity index (χ0v) is 22.7. The summed E-state index contributed by atoms with van der Waals surface area (Å²) in [5.74, 6) is -3.22. The van der Waals surface area contributed by atoms with Gasteiger partial charge in [0.25, 0.3) is 0 Å². The number of alkyl halides is 2. The Labute approximate surface area is 230 Å². The van der Waals surface area contributed by atoms with Crippen LogP contribution >= 0.6 is 0 Å². The van der Waals surface area contributed by atoms with Crippen LogP contribution in [0.25, 0.3) is 0 Å². The molecule has 0 radical (unpaired) electrons. The van der Waals surface area contributed by atoms with E-state index < -0.39 is 28.0 Å². The number of benzene rings is 1. The fraction of sp³-hybridized carbons (Fsp3) is 0.731. The second-order valence-electron chi connectivity index (χ2n) is 10.7. The molecule has 0 aromatic heterocycles. The molecular weight excluding hydrogens is 497 g/mol. The molecule has 2 saturated carbocycles. The van der Waals surface area contributed by atoms with Crippen LogP contribution in [0.1, 0.15) is 76.2 Å². The first kappa shape index (κ1) is 30.4. The van der Waals surface area contributed by atoms with Gasteiger partial charge in [0.05, 0.1) is 18.1 Å². The van der Waals surface area contributed by atoms with Crippen molar-refractivity contribution < 1.29 is 50.7 Å². The second-order valence-corrected chi connectivity index (χ2v) is 12.5. The fourth-order valence-corrected chi connectivity index (χ4v) is 7.59. The first-order valence-corrected chi connectivity index (χ1v) is 14.6. The van der Waals surface area contributed by atoms with Gasteiger partial charge in [0.1, 0.15) is 10.6 Å². The summed E-state index contributed by atoms with van der Waals surface area (Å²) in [6.07, 6.45) is 6.06. The average molecular weight is 535 g/mol. The summed E-state index contributed by atoms with van der Waals surface area (Å²) in [6.45, 7) is 2.78. The molecule has 3 aliphatic rings. The van der Waals surface area contributed by atoms with Gasteiger partial charge in [0.15, 0.2) is 0 Å². The SMILES string of the molecule is Cc1ccc(S(=O)(=O)N2CCC[C@H]2C(=O)[O-])c(O[C@@H]2CCC[C@@H](CCNC3CCC(F)(F)CC3)C2)c1.[Li+]. The molecule has 11 heteroatoms. The molecule has 1 aromatic rings. The Morgan fingerprint density at radius 3 is 2.59 bits per heavy atom. The van der Waals surface area contributed by atoms with Gasteiger partial charge in [-0.15, -0.1) is 0 Å². The predicted molar refractivity (Wildman–Crippen MR) is 129 cm³/mol. The van der Waals surface area contributed by atoms with Gasteiger partial charge in [0.2, 0.25) is 15.9 Å². The Bertz CT molecular complexity index is 1030. The van der Waals surface area contributed by atoms with Crippen LogP contribution in [0.2, 0.25) is 0 Å². The number of hydrogen-bond donors (Lipinski definition) is 1. The van der Waals surface area contributed by atoms with E-state index in [1.165, 1.54) is 6.07 Å². The Balaban J connectivity index is 0.00000380. The zero-order valence-electron chi connectivity index (χ0n) is 21.9. The van der Waals surface area contributed by atoms with Gasteiger partial charge >= 0.3 is 18.9 Å². The van der Waals surface area contributed by atoms with Crippen molar-refractivity contribution in [1.82, 2.24) is 9.62 Å². The Morgan fingerprint density at radius 1 is 1.16 bits per heavy atom. The van der Waals surface area contributed by atoms with E-state index in [1.807, 2.05) is 6.92 Å². The number of carboxylic acids is 1. The molecule has 1 saturated heterocycles. The van der Waals surface area contributed by atoms with Crippen molar-refractivity contribution in [2.75, 3.05) is 13.1 Å². The predicted octanol–water partition coefficient (Wildman–Crippen LogP) is 0.397. The molecule has 0 amide bonds. The summed E-state index contributed by atoms with van der Waals surface area (Å²) < 4.78 is 60.9. The van der Waals surface area contributed by atoms with Crippen LogP contribution < -0.4 is 34.0 Å². The molecule has 3 fully saturated rings. The van der Waals surface area contributed by atoms with Gasteiger partial charge < -0.3 is 20.0 Å². The van der Waals surface area contributed by atoms with Crippen molar-refractivity contribution in [3.05, 3.63) is 23.8 Å². The van der Waals surface area contributed by atoms with Gasteiger partial charge in [-0.25, -0.2) is 17.2 Å². The molecule has 202 valence electrons. The summed E-state index contributed by atoms with van der Waals surface area (Å²) in [4.78, 5) is 11.5. The van der Waals surface area contributed by atoms with Crippen molar-refractivity contribution in [3.8, 4) is 5.75 Å². The number of sulfonamides is 1. The number of aliphatic carboxylic acids is 1. The summed E-state index contributed by atoms with van der Waals surface area (Å²) in [7, 11) is -4.06. The number of nitrogens with zero attached hydrogens (tertiary/aromatic N) is 1. The van der Waals surface area contributed by atoms with Crippen molar-refractivity contribution in [2.24, 2.45) is 5.92 Å². The van der Waals surface area contributed by atoms with Gasteiger partial charge in [-0.2, -0.15) is 4.31 Å². The van der Waals surface area contributed by atoms with Crippen molar-refractivity contribution in [3.63, 3.8) is 0 Å². The fourth-order valence-electron chi connectivity index (χ4n) is 5.84. The second kappa shape index (κ2) is 12.8. The number of carboxylic acid groups (broad SMARTS) is 1. The zero-order chi connectivity index (χ0) is 25.9. The third-order valence-electron chi connectivity index (χ3n) is 7.89. The molecule has 3 atom stereocenters. The number of carbonyl (C=O) groups is 1. The molecule has 0 unspecified atom stereocenters. The standard InChI is InChI=1S/C26H38F2N2O5S.Li/c1-18-7-8-24(36(33,34)30-15-3-6-22(30)25(31)32)23(16-18)35-21-5-2-4-19(17-21)11-14-29-20-9-12-26(27,28)13-10-20;/h7-8,16,19-22,29H,2-6,9-15,17H2,1H3,(H,31,32);/q;+1/p-1/t19-,21+,22-;/m0./s1. The van der Waals surface area contributed by atoms with E-state index in [0.717, 1.165) is 48.5 Å². The van der Waals surface area contributed by atoms with Crippen molar-refractivity contribution in [1.29, 1.82) is 0 Å². The minimum Gasteiger partial charge on any atom is -0.548 e. The molecule has 37 heavy (non-hydrogen) atoms. The Morgan fingerprint density at radius 2 is 1.89 bits per heavy atom. The molecule has 1 N–H and O–H groups in total. The van der Waals surface area contributed by atoms with Crippen LogP contribution in [0.4, 0.5) is 8.78 Å². The third kappa shape index (κ3) is 7.69. The number of ether oxygens (including phenoxy) is 1. The summed E-state index contributed by atoms with van der Waals surface area (Å²) >= 11 is 0. The van der Waals surface area contributed by atoms with Crippen LogP contribution in [0.15, 0.2) is 23.1 Å². The van der Waals surface area contributed by atoms with E-state index in [1.54, 1.807) is 12.1 Å². The largest absolute Gasteiger partial charge is 1.00 e. The van der Waals surface area contributed by atoms with Crippen LogP contribution in [0.3, 0.4) is 0 Å². The molecule has 1 aliphatic heterocycles. The monoisotopic (exact) mass is 534 g/mol. The maximum Gasteiger partial charge on any atom is 1.00 e. The number of aryl methyl sites for hydroxylation is 1. The molecule has 2 aliphatic carbocycles. The topological polar surface area (TPSA) is 98.8 Å². The summed E-state index contributed by atoms with van der Waals surface area (Å²) in [5, 5.41) is 15.0. The van der Waals surface area contributed by atoms with E-state index in [2.05, 4.69) is 5.32 Å². The number of carbonyl (C=O) groups excluding carboxylic acids is 1. The Hall–Kier alpha value is -1.18. The average Bonchev–Trinajstić information content (AvgIpc) is 3.32. The number of hydrogen-bond acceptors (Lipinski definition) is 6. The summed E-state index contributed by atoms with van der Waals surface area (Å²) in [5.41, 5.74) is 0.858. The smallest absolute Gasteiger partial charge is 0.548 e. The minimum absolute atomic E-state index is 0. The maximum absolute atomic E-state index is 13.4. The number of halogens is 2. The van der Waals surface area contributed by atoms with Crippen molar-refractivity contribution >= 4 is 16.0 Å². The van der Waals surface area contributed by atoms with Gasteiger partial charge in [0, 0.05) is 25.4 Å².